The number of nitrogens with one attached hydrogen (secondary N) is 2. The molecule has 6 nitrogen and oxygen atoms in total. The monoisotopic (exact) mass is 283 g/mol. The highest BCUT2D eigenvalue weighted by molar-refractivity contribution is 9.10. The minimum atomic E-state index is -0.210. The third-order valence-electron chi connectivity index (χ3n) is 2.00. The molecule has 0 atom stereocenters. The molecule has 0 saturated heterocycles. The summed E-state index contributed by atoms with van der Waals surface area (Å²) in [6.07, 6.45) is 3.21. The van der Waals surface area contributed by atoms with E-state index in [-0.39, 0.29) is 5.56 Å². The molecule has 0 bridgehead atoms. The molecule has 0 aliphatic carbocycles. The highest BCUT2D eigenvalue weighted by Gasteiger charge is 2.05. The molecule has 7 heteroatoms. The molecule has 2 aromatic rings. The van der Waals surface area contributed by atoms with Crippen molar-refractivity contribution in [2.24, 2.45) is 7.05 Å². The van der Waals surface area contributed by atoms with Crippen LogP contribution >= 0.6 is 15.9 Å². The number of aryl methyl sites for hydroxylation is 1. The number of hydrogen-bond acceptors (Lipinski definition) is 4. The lowest BCUT2D eigenvalue weighted by Crippen LogP contribution is -2.12. The van der Waals surface area contributed by atoms with Gasteiger partial charge in [-0.05, 0) is 22.0 Å². The Morgan fingerprint density at radius 2 is 2.44 bits per heavy atom. The Bertz CT molecular complexity index is 547. The van der Waals surface area contributed by atoms with E-state index in [1.807, 2.05) is 19.3 Å². The molecule has 0 radical (unpaired) electrons. The van der Waals surface area contributed by atoms with Crippen LogP contribution in [0, 0.1) is 0 Å². The summed E-state index contributed by atoms with van der Waals surface area (Å²) >= 11 is 3.16. The maximum absolute atomic E-state index is 11.3. The van der Waals surface area contributed by atoms with Crippen LogP contribution in [0.5, 0.6) is 0 Å². The molecule has 0 fully saturated rings. The zero-order valence-corrected chi connectivity index (χ0v) is 10.2. The minimum Gasteiger partial charge on any atom is -0.363 e. The summed E-state index contributed by atoms with van der Waals surface area (Å²) in [4.78, 5) is 17.7. The minimum absolute atomic E-state index is 0.210. The molecule has 0 unspecified atom stereocenters. The van der Waals surface area contributed by atoms with E-state index in [0.717, 1.165) is 5.69 Å². The van der Waals surface area contributed by atoms with Crippen LogP contribution in [0.2, 0.25) is 0 Å². The van der Waals surface area contributed by atoms with Crippen molar-refractivity contribution in [3.8, 4) is 0 Å². The van der Waals surface area contributed by atoms with Crippen molar-refractivity contribution >= 4 is 21.7 Å². The highest BCUT2D eigenvalue weighted by atomic mass is 79.9. The fraction of sp³-hybridized carbons (Fsp3) is 0.222. The zero-order chi connectivity index (χ0) is 11.5. The maximum atomic E-state index is 11.3. The Hall–Kier alpha value is -1.63. The number of nitrogens with zero attached hydrogens (tertiary/aromatic N) is 3. The summed E-state index contributed by atoms with van der Waals surface area (Å²) in [5.74, 6) is 0.509. The zero-order valence-electron chi connectivity index (χ0n) is 8.57. The second kappa shape index (κ2) is 4.48. The summed E-state index contributed by atoms with van der Waals surface area (Å²) in [5, 5.41) is 7.23. The number of anilines is 1. The molecule has 2 heterocycles. The third-order valence-corrected chi connectivity index (χ3v) is 2.74. The normalized spacial score (nSPS) is 10.4. The fourth-order valence-corrected chi connectivity index (χ4v) is 1.60. The summed E-state index contributed by atoms with van der Waals surface area (Å²) in [5.41, 5.74) is 0.676. The van der Waals surface area contributed by atoms with E-state index in [1.165, 1.54) is 6.33 Å². The van der Waals surface area contributed by atoms with Gasteiger partial charge in [-0.25, -0.2) is 4.98 Å². The number of hydrogen-bond donors (Lipinski definition) is 2. The van der Waals surface area contributed by atoms with Gasteiger partial charge in [0.05, 0.1) is 18.6 Å². The second-order valence-electron chi connectivity index (χ2n) is 3.23. The molecule has 84 valence electrons. The van der Waals surface area contributed by atoms with Crippen LogP contribution in [-0.4, -0.2) is 19.7 Å². The first-order valence-corrected chi connectivity index (χ1v) is 5.41. The van der Waals surface area contributed by atoms with Crippen LogP contribution in [-0.2, 0) is 13.6 Å². The molecule has 0 aromatic carbocycles. The Morgan fingerprint density at radius 3 is 3.12 bits per heavy atom. The van der Waals surface area contributed by atoms with Crippen molar-refractivity contribution in [2.75, 3.05) is 5.32 Å². The van der Waals surface area contributed by atoms with Gasteiger partial charge in [-0.3, -0.25) is 9.48 Å². The van der Waals surface area contributed by atoms with Crippen molar-refractivity contribution in [1.29, 1.82) is 0 Å². The predicted molar refractivity (Wildman–Crippen MR) is 63.1 cm³/mol. The average molecular weight is 284 g/mol. The van der Waals surface area contributed by atoms with E-state index >= 15 is 0 Å². The molecule has 0 aliphatic heterocycles. The van der Waals surface area contributed by atoms with Crippen molar-refractivity contribution in [3.05, 3.63) is 39.1 Å². The molecule has 2 rings (SSSR count). The van der Waals surface area contributed by atoms with Crippen LogP contribution < -0.4 is 10.9 Å². The number of aromatic amines is 1. The molecule has 0 amide bonds. The van der Waals surface area contributed by atoms with Gasteiger partial charge >= 0.3 is 0 Å². The fourth-order valence-electron chi connectivity index (χ4n) is 1.24. The Morgan fingerprint density at radius 1 is 1.62 bits per heavy atom. The molecule has 2 N–H and O–H groups in total. The molecule has 0 aliphatic rings. The Labute approximate surface area is 99.8 Å². The topological polar surface area (TPSA) is 75.6 Å². The first-order valence-electron chi connectivity index (χ1n) is 4.62. The first kappa shape index (κ1) is 10.9. The van der Waals surface area contributed by atoms with Gasteiger partial charge in [0.1, 0.15) is 10.3 Å². The number of aromatic nitrogens is 4. The Balaban J connectivity index is 2.10. The van der Waals surface area contributed by atoms with Gasteiger partial charge in [-0.2, -0.15) is 5.10 Å². The van der Waals surface area contributed by atoms with E-state index in [0.29, 0.717) is 16.8 Å². The third kappa shape index (κ3) is 2.30. The smallest absolute Gasteiger partial charge is 0.267 e. The van der Waals surface area contributed by atoms with Crippen molar-refractivity contribution < 1.29 is 0 Å². The van der Waals surface area contributed by atoms with Crippen molar-refractivity contribution in [1.82, 2.24) is 19.7 Å². The molecule has 0 spiro atoms. The largest absolute Gasteiger partial charge is 0.363 e. The van der Waals surface area contributed by atoms with Gasteiger partial charge in [0, 0.05) is 13.2 Å². The Kier molecular flexibility index (Phi) is 3.04. The molecule has 16 heavy (non-hydrogen) atoms. The van der Waals surface area contributed by atoms with Gasteiger partial charge in [-0.15, -0.1) is 0 Å². The van der Waals surface area contributed by atoms with Crippen LogP contribution in [0.4, 0.5) is 5.82 Å². The molecule has 0 saturated carbocycles. The van der Waals surface area contributed by atoms with Gasteiger partial charge in [0.25, 0.3) is 5.56 Å². The lowest BCUT2D eigenvalue weighted by molar-refractivity contribution is 0.746. The predicted octanol–water partition coefficient (Wildman–Crippen LogP) is 0.878. The summed E-state index contributed by atoms with van der Waals surface area (Å²) in [6.45, 7) is 0.524. The van der Waals surface area contributed by atoms with E-state index in [1.54, 1.807) is 4.68 Å². The standard InChI is InChI=1S/C9H10BrN5O/c1-15-3-2-6(14-15)4-11-8-7(10)9(16)13-5-12-8/h2-3,5H,4H2,1H3,(H2,11,12,13,16). The lowest BCUT2D eigenvalue weighted by Gasteiger charge is -2.04. The van der Waals surface area contributed by atoms with Gasteiger partial charge < -0.3 is 10.3 Å². The first-order chi connectivity index (χ1) is 7.66. The second-order valence-corrected chi connectivity index (χ2v) is 4.02. The lowest BCUT2D eigenvalue weighted by atomic mass is 10.4. The van der Waals surface area contributed by atoms with E-state index in [2.05, 4.69) is 36.3 Å². The molecular formula is C9H10BrN5O. The SMILES string of the molecule is Cn1ccc(CNc2nc[nH]c(=O)c2Br)n1. The van der Waals surface area contributed by atoms with Crippen molar-refractivity contribution in [3.63, 3.8) is 0 Å². The van der Waals surface area contributed by atoms with Crippen LogP contribution in [0.3, 0.4) is 0 Å². The highest BCUT2D eigenvalue weighted by Crippen LogP contribution is 2.13. The van der Waals surface area contributed by atoms with E-state index in [9.17, 15) is 4.79 Å². The van der Waals surface area contributed by atoms with E-state index in [4.69, 9.17) is 0 Å². The molecule has 2 aromatic heterocycles. The molecular weight excluding hydrogens is 274 g/mol. The maximum Gasteiger partial charge on any atom is 0.267 e. The summed E-state index contributed by atoms with van der Waals surface area (Å²) < 4.78 is 2.11. The van der Waals surface area contributed by atoms with Crippen LogP contribution in [0.25, 0.3) is 0 Å². The summed E-state index contributed by atoms with van der Waals surface area (Å²) in [6, 6.07) is 1.90. The van der Waals surface area contributed by atoms with E-state index < -0.39 is 0 Å². The van der Waals surface area contributed by atoms with Crippen molar-refractivity contribution in [2.45, 2.75) is 6.54 Å². The quantitative estimate of drug-likeness (QED) is 0.877. The number of rotatable bonds is 3. The van der Waals surface area contributed by atoms with Gasteiger partial charge in [0.2, 0.25) is 0 Å². The van der Waals surface area contributed by atoms with Crippen LogP contribution in [0.1, 0.15) is 5.69 Å². The average Bonchev–Trinajstić information content (AvgIpc) is 2.67. The van der Waals surface area contributed by atoms with Gasteiger partial charge in [0.15, 0.2) is 0 Å². The number of H-pyrrole nitrogens is 1. The van der Waals surface area contributed by atoms with Gasteiger partial charge in [-0.1, -0.05) is 0 Å². The summed E-state index contributed by atoms with van der Waals surface area (Å²) in [7, 11) is 1.85. The number of halogens is 1. The van der Waals surface area contributed by atoms with Crippen LogP contribution in [0.15, 0.2) is 27.9 Å².